The van der Waals surface area contributed by atoms with E-state index in [1.165, 1.54) is 12.4 Å². The molecular weight excluding hydrogens is 337 g/mol. The predicted molar refractivity (Wildman–Crippen MR) is 81.0 cm³/mol. The third-order valence-corrected chi connectivity index (χ3v) is 4.44. The van der Waals surface area contributed by atoms with Gasteiger partial charge in [0.15, 0.2) is 5.78 Å². The molecule has 0 aromatic carbocycles. The van der Waals surface area contributed by atoms with Crippen LogP contribution in [0.1, 0.15) is 32.3 Å². The second-order valence-electron chi connectivity index (χ2n) is 7.09. The number of pyridine rings is 1. The molecule has 25 heavy (non-hydrogen) atoms. The van der Waals surface area contributed by atoms with Crippen molar-refractivity contribution in [3.63, 3.8) is 0 Å². The fraction of sp³-hybridized carbons (Fsp3) is 0.471. The van der Waals surface area contributed by atoms with E-state index in [2.05, 4.69) is 10.3 Å². The molecule has 0 bridgehead atoms. The summed E-state index contributed by atoms with van der Waals surface area (Å²) >= 11 is 0. The van der Waals surface area contributed by atoms with Gasteiger partial charge in [0.25, 0.3) is 0 Å². The largest absolute Gasteiger partial charge is 0.429 e. The van der Waals surface area contributed by atoms with Crippen molar-refractivity contribution in [3.8, 4) is 0 Å². The van der Waals surface area contributed by atoms with Gasteiger partial charge in [-0.3, -0.25) is 15.1 Å². The van der Waals surface area contributed by atoms with Gasteiger partial charge in [-0.15, -0.1) is 0 Å². The third-order valence-electron chi connectivity index (χ3n) is 4.44. The lowest BCUT2D eigenvalue weighted by molar-refractivity contribution is -0.197. The highest BCUT2D eigenvalue weighted by Crippen LogP contribution is 2.50. The Hall–Kier alpha value is -2.22. The summed E-state index contributed by atoms with van der Waals surface area (Å²) < 4.78 is 46.7. The van der Waals surface area contributed by atoms with E-state index < -0.39 is 34.5 Å². The summed E-state index contributed by atoms with van der Waals surface area (Å²) in [5.41, 5.74) is -3.84. The van der Waals surface area contributed by atoms with Gasteiger partial charge < -0.3 is 4.74 Å². The third kappa shape index (κ3) is 2.84. The molecule has 3 rings (SSSR count). The Labute approximate surface area is 142 Å². The molecule has 0 spiro atoms. The Balaban J connectivity index is 2.04. The molecule has 8 heteroatoms. The van der Waals surface area contributed by atoms with Crippen LogP contribution in [0.25, 0.3) is 0 Å². The van der Waals surface area contributed by atoms with Gasteiger partial charge in [-0.25, -0.2) is 4.79 Å². The number of allylic oxidation sites excluding steroid dienone is 1. The van der Waals surface area contributed by atoms with Crippen molar-refractivity contribution in [2.45, 2.75) is 44.9 Å². The minimum absolute atomic E-state index is 0.0745. The highest BCUT2D eigenvalue weighted by Gasteiger charge is 2.70. The number of ether oxygens (including phenoxy) is 1. The van der Waals surface area contributed by atoms with Gasteiger partial charge >= 0.3 is 12.1 Å². The van der Waals surface area contributed by atoms with Gasteiger partial charge in [0.2, 0.25) is 5.54 Å². The second-order valence-corrected chi connectivity index (χ2v) is 7.09. The molecular formula is C17H17F3N2O3. The Morgan fingerprint density at radius 1 is 1.28 bits per heavy atom. The van der Waals surface area contributed by atoms with Crippen LogP contribution < -0.4 is 5.32 Å². The number of carbonyl (C=O) groups is 2. The van der Waals surface area contributed by atoms with Crippen molar-refractivity contribution >= 4 is 11.8 Å². The van der Waals surface area contributed by atoms with Crippen molar-refractivity contribution < 1.29 is 27.5 Å². The van der Waals surface area contributed by atoms with E-state index in [0.29, 0.717) is 5.56 Å². The zero-order valence-corrected chi connectivity index (χ0v) is 13.7. The van der Waals surface area contributed by atoms with Crippen molar-refractivity contribution in [2.24, 2.45) is 5.41 Å². The van der Waals surface area contributed by atoms with Crippen LogP contribution in [0.3, 0.4) is 0 Å². The van der Waals surface area contributed by atoms with Gasteiger partial charge in [0.1, 0.15) is 5.76 Å². The molecule has 0 amide bonds. The zero-order valence-electron chi connectivity index (χ0n) is 13.7. The number of aromatic nitrogens is 1. The Morgan fingerprint density at radius 2 is 2.00 bits per heavy atom. The van der Waals surface area contributed by atoms with E-state index in [9.17, 15) is 22.8 Å². The van der Waals surface area contributed by atoms with E-state index in [4.69, 9.17) is 4.74 Å². The molecule has 5 nitrogen and oxygen atoms in total. The first-order chi connectivity index (χ1) is 11.6. The Bertz CT molecular complexity index is 756. The molecule has 1 aromatic rings. The van der Waals surface area contributed by atoms with Crippen LogP contribution >= 0.6 is 0 Å². The highest BCUT2D eigenvalue weighted by molar-refractivity contribution is 6.09. The van der Waals surface area contributed by atoms with Crippen molar-refractivity contribution in [2.75, 3.05) is 0 Å². The number of hydrogen-bond donors (Lipinski definition) is 1. The smallest absolute Gasteiger partial charge is 0.422 e. The number of hydrogen-bond acceptors (Lipinski definition) is 5. The van der Waals surface area contributed by atoms with E-state index in [1.54, 1.807) is 26.0 Å². The maximum atomic E-state index is 13.9. The molecule has 1 N–H and O–H groups in total. The normalized spacial score (nSPS) is 25.8. The first-order valence-electron chi connectivity index (χ1n) is 7.77. The van der Waals surface area contributed by atoms with Crippen molar-refractivity contribution in [1.82, 2.24) is 10.3 Å². The fourth-order valence-electron chi connectivity index (χ4n) is 3.32. The maximum absolute atomic E-state index is 13.9. The minimum Gasteiger partial charge on any atom is -0.429 e. The fourth-order valence-corrected chi connectivity index (χ4v) is 3.32. The molecule has 1 atom stereocenters. The molecule has 2 aliphatic rings. The number of nitrogens with zero attached hydrogens (tertiary/aromatic N) is 1. The van der Waals surface area contributed by atoms with Crippen LogP contribution in [-0.4, -0.2) is 28.5 Å². The number of esters is 1. The van der Waals surface area contributed by atoms with Crippen LogP contribution in [0.2, 0.25) is 0 Å². The van der Waals surface area contributed by atoms with Gasteiger partial charge in [-0.05, 0) is 17.0 Å². The summed E-state index contributed by atoms with van der Waals surface area (Å²) in [5, 5.41) is 2.24. The predicted octanol–water partition coefficient (Wildman–Crippen LogP) is 2.67. The highest BCUT2D eigenvalue weighted by atomic mass is 19.4. The van der Waals surface area contributed by atoms with Crippen LogP contribution in [-0.2, 0) is 20.9 Å². The average molecular weight is 354 g/mol. The SMILES string of the molecule is CC1(C)CC(=O)C2=C(C1)OC(=O)[C@@]2(NCc1cccnc1)C(F)(F)F. The average Bonchev–Trinajstić information content (AvgIpc) is 2.77. The first kappa shape index (κ1) is 17.6. The molecule has 0 saturated heterocycles. The van der Waals surface area contributed by atoms with Crippen LogP contribution in [0.15, 0.2) is 35.9 Å². The van der Waals surface area contributed by atoms with E-state index in [0.717, 1.165) is 0 Å². The van der Waals surface area contributed by atoms with E-state index in [-0.39, 0.29) is 25.1 Å². The number of nitrogens with one attached hydrogen (secondary N) is 1. The lowest BCUT2D eigenvalue weighted by Crippen LogP contribution is -2.63. The van der Waals surface area contributed by atoms with Gasteiger partial charge in [0, 0.05) is 31.8 Å². The summed E-state index contributed by atoms with van der Waals surface area (Å²) in [6, 6.07) is 3.15. The van der Waals surface area contributed by atoms with Crippen molar-refractivity contribution in [3.05, 3.63) is 41.4 Å². The standard InChI is InChI=1S/C17H17F3N2O3/c1-15(2)6-11(23)13-12(7-15)25-14(24)16(13,17(18,19)20)22-9-10-4-3-5-21-8-10/h3-5,8,22H,6-7,9H2,1-2H3/t16-/m1/s1. The van der Waals surface area contributed by atoms with Crippen LogP contribution in [0, 0.1) is 5.41 Å². The van der Waals surface area contributed by atoms with E-state index in [1.807, 2.05) is 0 Å². The quantitative estimate of drug-likeness (QED) is 0.846. The number of alkyl halides is 3. The molecule has 2 heterocycles. The second kappa shape index (κ2) is 5.66. The number of halogens is 3. The van der Waals surface area contributed by atoms with Gasteiger partial charge in [-0.2, -0.15) is 13.2 Å². The van der Waals surface area contributed by atoms with Gasteiger partial charge in [-0.1, -0.05) is 19.9 Å². The lowest BCUT2D eigenvalue weighted by atomic mass is 9.72. The number of ketones is 1. The zero-order chi connectivity index (χ0) is 18.5. The van der Waals surface area contributed by atoms with Gasteiger partial charge in [0.05, 0.1) is 5.57 Å². The Kier molecular flexibility index (Phi) is 3.98. The molecule has 1 aliphatic heterocycles. The summed E-state index contributed by atoms with van der Waals surface area (Å²) in [6.07, 6.45) is -2.11. The lowest BCUT2D eigenvalue weighted by Gasteiger charge is -2.34. The van der Waals surface area contributed by atoms with E-state index >= 15 is 0 Å². The minimum atomic E-state index is -5.01. The maximum Gasteiger partial charge on any atom is 0.422 e. The summed E-state index contributed by atoms with van der Waals surface area (Å²) in [5.74, 6) is -2.39. The van der Waals surface area contributed by atoms with Crippen LogP contribution in [0.5, 0.6) is 0 Å². The molecule has 1 aliphatic carbocycles. The first-order valence-corrected chi connectivity index (χ1v) is 7.77. The molecule has 0 saturated carbocycles. The topological polar surface area (TPSA) is 68.3 Å². The number of carbonyl (C=O) groups excluding carboxylic acids is 2. The van der Waals surface area contributed by atoms with Crippen molar-refractivity contribution in [1.29, 1.82) is 0 Å². The summed E-state index contributed by atoms with van der Waals surface area (Å²) in [6.45, 7) is 3.22. The Morgan fingerprint density at radius 3 is 2.60 bits per heavy atom. The monoisotopic (exact) mass is 354 g/mol. The molecule has 1 aromatic heterocycles. The molecule has 134 valence electrons. The molecule has 0 radical (unpaired) electrons. The summed E-state index contributed by atoms with van der Waals surface area (Å²) in [4.78, 5) is 28.6. The van der Waals surface area contributed by atoms with Crippen LogP contribution in [0.4, 0.5) is 13.2 Å². The summed E-state index contributed by atoms with van der Waals surface area (Å²) in [7, 11) is 0. The molecule has 0 unspecified atom stereocenters. The molecule has 0 fully saturated rings. The number of rotatable bonds is 3. The number of Topliss-reactive ketones (excluding diaryl/α,β-unsaturated/α-hetero) is 1.